The molecule has 0 atom stereocenters. The maximum absolute atomic E-state index is 11.7. The first-order valence-electron chi connectivity index (χ1n) is 6.90. The number of anilines is 1. The van der Waals surface area contributed by atoms with Crippen molar-refractivity contribution in [3.05, 3.63) is 48.8 Å². The zero-order chi connectivity index (χ0) is 16.1. The van der Waals surface area contributed by atoms with Crippen molar-refractivity contribution < 1.29 is 14.1 Å². The van der Waals surface area contributed by atoms with Crippen LogP contribution in [-0.2, 0) is 9.53 Å². The lowest BCUT2D eigenvalue weighted by molar-refractivity contribution is -0.119. The van der Waals surface area contributed by atoms with Gasteiger partial charge in [-0.15, -0.1) is 0 Å². The van der Waals surface area contributed by atoms with Gasteiger partial charge in [0.1, 0.15) is 6.61 Å². The third kappa shape index (κ3) is 3.41. The highest BCUT2D eigenvalue weighted by Gasteiger charge is 2.15. The quantitative estimate of drug-likeness (QED) is 0.778. The number of nitrogens with one attached hydrogen (secondary N) is 1. The van der Waals surface area contributed by atoms with Gasteiger partial charge < -0.3 is 14.6 Å². The molecular weight excluding hydrogens is 296 g/mol. The predicted octanol–water partition coefficient (Wildman–Crippen LogP) is 2.38. The van der Waals surface area contributed by atoms with Crippen LogP contribution in [0.5, 0.6) is 0 Å². The van der Waals surface area contributed by atoms with Crippen molar-refractivity contribution in [1.82, 2.24) is 15.1 Å². The summed E-state index contributed by atoms with van der Waals surface area (Å²) in [4.78, 5) is 20.1. The highest BCUT2D eigenvalue weighted by Crippen LogP contribution is 2.28. The topological polar surface area (TPSA) is 90.1 Å². The number of rotatable bonds is 5. The van der Waals surface area contributed by atoms with E-state index >= 15 is 0 Å². The summed E-state index contributed by atoms with van der Waals surface area (Å²) in [6, 6.07) is 10.8. The first kappa shape index (κ1) is 14.9. The summed E-state index contributed by atoms with van der Waals surface area (Å²) in [5.74, 6) is 0.496. The summed E-state index contributed by atoms with van der Waals surface area (Å²) in [7, 11) is 1.46. The molecule has 0 bridgehead atoms. The van der Waals surface area contributed by atoms with Crippen LogP contribution in [0.3, 0.4) is 0 Å². The first-order chi connectivity index (χ1) is 11.3. The number of para-hydroxylation sites is 1. The molecule has 0 aliphatic rings. The molecule has 1 aromatic carbocycles. The third-order valence-corrected chi connectivity index (χ3v) is 3.05. The number of nitrogens with zero attached hydrogens (tertiary/aromatic N) is 3. The highest BCUT2D eigenvalue weighted by atomic mass is 16.5. The normalized spacial score (nSPS) is 10.5. The summed E-state index contributed by atoms with van der Waals surface area (Å²) in [6.07, 6.45) is 3.33. The average molecular weight is 310 g/mol. The van der Waals surface area contributed by atoms with Crippen molar-refractivity contribution in [2.45, 2.75) is 0 Å². The van der Waals surface area contributed by atoms with E-state index in [1.807, 2.05) is 18.2 Å². The fourth-order valence-corrected chi connectivity index (χ4v) is 2.04. The number of carbonyl (C=O) groups excluding carboxylic acids is 1. The lowest BCUT2D eigenvalue weighted by Gasteiger charge is -2.07. The minimum atomic E-state index is -0.257. The number of carbonyl (C=O) groups is 1. The number of methoxy groups -OCH3 is 1. The van der Waals surface area contributed by atoms with E-state index in [1.54, 1.807) is 30.6 Å². The van der Waals surface area contributed by atoms with Crippen molar-refractivity contribution in [3.8, 4) is 22.8 Å². The molecule has 1 amide bonds. The van der Waals surface area contributed by atoms with Crippen LogP contribution < -0.4 is 5.32 Å². The number of amides is 1. The van der Waals surface area contributed by atoms with Crippen LogP contribution in [0.25, 0.3) is 22.8 Å². The van der Waals surface area contributed by atoms with Gasteiger partial charge in [-0.3, -0.25) is 9.78 Å². The molecule has 0 unspecified atom stereocenters. The van der Waals surface area contributed by atoms with Crippen molar-refractivity contribution in [3.63, 3.8) is 0 Å². The second-order valence-electron chi connectivity index (χ2n) is 4.69. The molecule has 0 fully saturated rings. The largest absolute Gasteiger partial charge is 0.375 e. The Balaban J connectivity index is 1.91. The fourth-order valence-electron chi connectivity index (χ4n) is 2.04. The molecule has 0 saturated carbocycles. The zero-order valence-electron chi connectivity index (χ0n) is 12.4. The Kier molecular flexibility index (Phi) is 4.39. The number of hydrogen-bond acceptors (Lipinski definition) is 6. The van der Waals surface area contributed by atoms with E-state index in [9.17, 15) is 4.79 Å². The predicted molar refractivity (Wildman–Crippen MR) is 83.5 cm³/mol. The summed E-state index contributed by atoms with van der Waals surface area (Å²) < 4.78 is 10.1. The Labute approximate surface area is 132 Å². The molecule has 0 spiro atoms. The van der Waals surface area contributed by atoms with Gasteiger partial charge in [0.15, 0.2) is 0 Å². The second kappa shape index (κ2) is 6.80. The van der Waals surface area contributed by atoms with Gasteiger partial charge in [0.25, 0.3) is 5.89 Å². The molecule has 23 heavy (non-hydrogen) atoms. The number of pyridine rings is 1. The van der Waals surface area contributed by atoms with E-state index in [-0.39, 0.29) is 12.5 Å². The minimum Gasteiger partial charge on any atom is -0.375 e. The Bertz CT molecular complexity index is 802. The molecule has 7 nitrogen and oxygen atoms in total. The van der Waals surface area contributed by atoms with E-state index in [1.165, 1.54) is 7.11 Å². The number of aromatic nitrogens is 3. The standard InChI is InChI=1S/C16H14N4O3/c1-22-10-14(21)18-13-7-3-2-6-12(13)16-19-15(20-23-16)11-5-4-8-17-9-11/h2-9H,10H2,1H3,(H,18,21). The Morgan fingerprint density at radius 1 is 1.26 bits per heavy atom. The molecule has 7 heteroatoms. The molecule has 3 aromatic rings. The maximum atomic E-state index is 11.7. The van der Waals surface area contributed by atoms with Crippen LogP contribution >= 0.6 is 0 Å². The van der Waals surface area contributed by atoms with Gasteiger partial charge in [-0.2, -0.15) is 4.98 Å². The smallest absolute Gasteiger partial charge is 0.260 e. The third-order valence-electron chi connectivity index (χ3n) is 3.05. The first-order valence-corrected chi connectivity index (χ1v) is 6.90. The second-order valence-corrected chi connectivity index (χ2v) is 4.69. The van der Waals surface area contributed by atoms with Gasteiger partial charge in [0.2, 0.25) is 11.7 Å². The molecular formula is C16H14N4O3. The summed E-state index contributed by atoms with van der Waals surface area (Å²) in [6.45, 7) is -0.0287. The monoisotopic (exact) mass is 310 g/mol. The Hall–Kier alpha value is -3.06. The van der Waals surface area contributed by atoms with Gasteiger partial charge in [-0.25, -0.2) is 0 Å². The molecule has 0 radical (unpaired) electrons. The highest BCUT2D eigenvalue weighted by molar-refractivity contribution is 5.95. The summed E-state index contributed by atoms with van der Waals surface area (Å²) in [5, 5.41) is 6.71. The molecule has 1 N–H and O–H groups in total. The lowest BCUT2D eigenvalue weighted by atomic mass is 10.1. The van der Waals surface area contributed by atoms with E-state index in [0.717, 1.165) is 5.56 Å². The van der Waals surface area contributed by atoms with Gasteiger partial charge >= 0.3 is 0 Å². The zero-order valence-corrected chi connectivity index (χ0v) is 12.4. The van der Waals surface area contributed by atoms with E-state index in [4.69, 9.17) is 9.26 Å². The van der Waals surface area contributed by atoms with Crippen molar-refractivity contribution >= 4 is 11.6 Å². The lowest BCUT2D eigenvalue weighted by Crippen LogP contribution is -2.17. The van der Waals surface area contributed by atoms with Gasteiger partial charge in [0.05, 0.1) is 11.3 Å². The molecule has 0 saturated heterocycles. The number of benzene rings is 1. The fraction of sp³-hybridized carbons (Fsp3) is 0.125. The van der Waals surface area contributed by atoms with Crippen molar-refractivity contribution in [2.75, 3.05) is 19.0 Å². The van der Waals surface area contributed by atoms with Crippen LogP contribution in [0.1, 0.15) is 0 Å². The van der Waals surface area contributed by atoms with Gasteiger partial charge in [-0.05, 0) is 24.3 Å². The maximum Gasteiger partial charge on any atom is 0.260 e. The minimum absolute atomic E-state index is 0.0287. The summed E-state index contributed by atoms with van der Waals surface area (Å²) >= 11 is 0. The van der Waals surface area contributed by atoms with Gasteiger partial charge in [-0.1, -0.05) is 17.3 Å². The van der Waals surface area contributed by atoms with Crippen LogP contribution in [0.4, 0.5) is 5.69 Å². The average Bonchev–Trinajstić information content (AvgIpc) is 3.06. The molecule has 116 valence electrons. The number of hydrogen-bond donors (Lipinski definition) is 1. The molecule has 0 aliphatic carbocycles. The molecule has 0 aliphatic heterocycles. The van der Waals surface area contributed by atoms with Crippen LogP contribution in [-0.4, -0.2) is 34.7 Å². The van der Waals surface area contributed by atoms with Crippen molar-refractivity contribution in [2.24, 2.45) is 0 Å². The van der Waals surface area contributed by atoms with E-state index in [0.29, 0.717) is 23.0 Å². The van der Waals surface area contributed by atoms with Gasteiger partial charge in [0, 0.05) is 25.1 Å². The van der Waals surface area contributed by atoms with Crippen LogP contribution in [0.2, 0.25) is 0 Å². The molecule has 2 heterocycles. The Morgan fingerprint density at radius 2 is 2.13 bits per heavy atom. The van der Waals surface area contributed by atoms with Crippen LogP contribution in [0, 0.1) is 0 Å². The van der Waals surface area contributed by atoms with E-state index in [2.05, 4.69) is 20.4 Å². The molecule has 3 rings (SSSR count). The van der Waals surface area contributed by atoms with E-state index < -0.39 is 0 Å². The molecule has 2 aromatic heterocycles. The number of ether oxygens (including phenoxy) is 1. The van der Waals surface area contributed by atoms with Crippen LogP contribution in [0.15, 0.2) is 53.3 Å². The van der Waals surface area contributed by atoms with Crippen molar-refractivity contribution in [1.29, 1.82) is 0 Å². The Morgan fingerprint density at radius 3 is 2.91 bits per heavy atom. The summed E-state index contributed by atoms with van der Waals surface area (Å²) in [5.41, 5.74) is 1.97. The SMILES string of the molecule is COCC(=O)Nc1ccccc1-c1nc(-c2cccnc2)no1.